The monoisotopic (exact) mass is 174 g/mol. The van der Waals surface area contributed by atoms with Crippen LogP contribution in [0.4, 0.5) is 8.78 Å². The highest BCUT2D eigenvalue weighted by molar-refractivity contribution is 5.42. The fraction of sp³-hybridized carbons (Fsp3) is 0.250. The number of benzene rings is 1. The second kappa shape index (κ2) is 3.38. The first-order valence-corrected chi connectivity index (χ1v) is 3.30. The average molecular weight is 174 g/mol. The van der Waals surface area contributed by atoms with Crippen molar-refractivity contribution < 1.29 is 18.6 Å². The van der Waals surface area contributed by atoms with Gasteiger partial charge in [0.25, 0.3) is 0 Å². The van der Waals surface area contributed by atoms with Crippen molar-refractivity contribution in [3.8, 4) is 11.5 Å². The van der Waals surface area contributed by atoms with Gasteiger partial charge in [0.05, 0.1) is 7.11 Å². The van der Waals surface area contributed by atoms with Gasteiger partial charge in [-0.2, -0.15) is 0 Å². The first kappa shape index (κ1) is 8.77. The van der Waals surface area contributed by atoms with E-state index in [0.29, 0.717) is 0 Å². The molecule has 0 atom stereocenters. The zero-order valence-corrected chi connectivity index (χ0v) is 6.47. The van der Waals surface area contributed by atoms with Gasteiger partial charge in [0.15, 0.2) is 17.3 Å². The Labute approximate surface area is 68.4 Å². The van der Waals surface area contributed by atoms with Gasteiger partial charge in [0.2, 0.25) is 0 Å². The van der Waals surface area contributed by atoms with Gasteiger partial charge in [0, 0.05) is 0 Å². The van der Waals surface area contributed by atoms with Gasteiger partial charge in [-0.3, -0.25) is 0 Å². The van der Waals surface area contributed by atoms with Crippen LogP contribution in [0, 0.1) is 5.82 Å². The molecule has 0 unspecified atom stereocenters. The van der Waals surface area contributed by atoms with Crippen LogP contribution in [0.1, 0.15) is 5.56 Å². The topological polar surface area (TPSA) is 29.5 Å². The van der Waals surface area contributed by atoms with E-state index in [1.165, 1.54) is 7.11 Å². The minimum Gasteiger partial charge on any atom is -0.504 e. The van der Waals surface area contributed by atoms with Crippen LogP contribution in [0.5, 0.6) is 11.5 Å². The number of hydrogen-bond acceptors (Lipinski definition) is 2. The van der Waals surface area contributed by atoms with Crippen LogP contribution >= 0.6 is 0 Å². The molecule has 0 fully saturated rings. The molecule has 0 spiro atoms. The molecule has 1 aromatic carbocycles. The SMILES string of the molecule is COc1c(O)cc(CF)cc1F. The molecule has 0 radical (unpaired) electrons. The zero-order valence-electron chi connectivity index (χ0n) is 6.47. The van der Waals surface area contributed by atoms with Crippen LogP contribution < -0.4 is 4.74 Å². The molecular formula is C8H8F2O2. The summed E-state index contributed by atoms with van der Waals surface area (Å²) < 4.78 is 29.4. The normalized spacial score (nSPS) is 9.92. The van der Waals surface area contributed by atoms with E-state index in [-0.39, 0.29) is 17.1 Å². The van der Waals surface area contributed by atoms with E-state index < -0.39 is 12.5 Å². The summed E-state index contributed by atoms with van der Waals surface area (Å²) in [6, 6.07) is 2.11. The molecule has 0 aliphatic heterocycles. The first-order chi connectivity index (χ1) is 5.69. The quantitative estimate of drug-likeness (QED) is 0.743. The zero-order chi connectivity index (χ0) is 9.14. The first-order valence-electron chi connectivity index (χ1n) is 3.30. The highest BCUT2D eigenvalue weighted by atomic mass is 19.1. The van der Waals surface area contributed by atoms with Crippen LogP contribution in [0.15, 0.2) is 12.1 Å². The standard InChI is InChI=1S/C8H8F2O2/c1-12-8-6(10)2-5(4-9)3-7(8)11/h2-3,11H,4H2,1H3. The molecule has 0 saturated carbocycles. The summed E-state index contributed by atoms with van der Waals surface area (Å²) in [6.45, 7) is -0.811. The van der Waals surface area contributed by atoms with E-state index in [1.807, 2.05) is 0 Å². The molecule has 12 heavy (non-hydrogen) atoms. The lowest BCUT2D eigenvalue weighted by molar-refractivity contribution is 0.349. The number of phenolic OH excluding ortho intramolecular Hbond substituents is 1. The van der Waals surface area contributed by atoms with Crippen molar-refractivity contribution in [1.82, 2.24) is 0 Å². The molecule has 0 heterocycles. The number of ether oxygens (including phenoxy) is 1. The molecule has 1 aromatic rings. The maximum Gasteiger partial charge on any atom is 0.196 e. The van der Waals surface area contributed by atoms with Gasteiger partial charge in [0.1, 0.15) is 6.67 Å². The number of halogens is 2. The van der Waals surface area contributed by atoms with Gasteiger partial charge >= 0.3 is 0 Å². The molecule has 66 valence electrons. The summed E-state index contributed by atoms with van der Waals surface area (Å²) >= 11 is 0. The van der Waals surface area contributed by atoms with Crippen molar-refractivity contribution in [1.29, 1.82) is 0 Å². The van der Waals surface area contributed by atoms with Crippen molar-refractivity contribution in [2.24, 2.45) is 0 Å². The second-order valence-corrected chi connectivity index (χ2v) is 2.26. The highest BCUT2D eigenvalue weighted by Crippen LogP contribution is 2.30. The van der Waals surface area contributed by atoms with Gasteiger partial charge in [-0.25, -0.2) is 8.78 Å². The molecule has 0 aliphatic rings. The molecule has 0 saturated heterocycles. The number of aromatic hydroxyl groups is 1. The summed E-state index contributed by atoms with van der Waals surface area (Å²) in [5.74, 6) is -1.40. The fourth-order valence-electron chi connectivity index (χ4n) is 0.913. The summed E-state index contributed by atoms with van der Waals surface area (Å²) in [6.07, 6.45) is 0. The Morgan fingerprint density at radius 2 is 2.17 bits per heavy atom. The molecule has 2 nitrogen and oxygen atoms in total. The van der Waals surface area contributed by atoms with Crippen molar-refractivity contribution in [3.63, 3.8) is 0 Å². The van der Waals surface area contributed by atoms with Gasteiger partial charge in [-0.05, 0) is 17.7 Å². The molecule has 0 bridgehead atoms. The van der Waals surface area contributed by atoms with Crippen LogP contribution in [-0.4, -0.2) is 12.2 Å². The molecule has 1 rings (SSSR count). The van der Waals surface area contributed by atoms with Crippen molar-refractivity contribution in [2.75, 3.05) is 7.11 Å². The predicted octanol–water partition coefficient (Wildman–Crippen LogP) is 2.01. The lowest BCUT2D eigenvalue weighted by Gasteiger charge is -2.05. The van der Waals surface area contributed by atoms with Crippen LogP contribution in [0.2, 0.25) is 0 Å². The summed E-state index contributed by atoms with van der Waals surface area (Å²) in [5, 5.41) is 9.07. The van der Waals surface area contributed by atoms with Crippen molar-refractivity contribution in [3.05, 3.63) is 23.5 Å². The fourth-order valence-corrected chi connectivity index (χ4v) is 0.913. The predicted molar refractivity (Wildman–Crippen MR) is 39.4 cm³/mol. The van der Waals surface area contributed by atoms with E-state index in [9.17, 15) is 8.78 Å². The molecule has 0 amide bonds. The van der Waals surface area contributed by atoms with Gasteiger partial charge in [-0.1, -0.05) is 0 Å². The Morgan fingerprint density at radius 1 is 1.50 bits per heavy atom. The highest BCUT2D eigenvalue weighted by Gasteiger charge is 2.09. The van der Waals surface area contributed by atoms with Gasteiger partial charge in [-0.15, -0.1) is 0 Å². The Hall–Kier alpha value is -1.32. The van der Waals surface area contributed by atoms with Crippen molar-refractivity contribution >= 4 is 0 Å². The Bertz CT molecular complexity index is 263. The van der Waals surface area contributed by atoms with Crippen molar-refractivity contribution in [2.45, 2.75) is 6.67 Å². The summed E-state index contributed by atoms with van der Waals surface area (Å²) in [4.78, 5) is 0. The number of hydrogen-bond donors (Lipinski definition) is 1. The minimum atomic E-state index is -0.811. The smallest absolute Gasteiger partial charge is 0.196 e. The summed E-state index contributed by atoms with van der Waals surface area (Å²) in [7, 11) is 1.23. The Morgan fingerprint density at radius 3 is 2.58 bits per heavy atom. The number of phenols is 1. The molecule has 1 N–H and O–H groups in total. The Balaban J connectivity index is 3.18. The third-order valence-corrected chi connectivity index (χ3v) is 1.44. The maximum atomic E-state index is 12.8. The number of alkyl halides is 1. The van der Waals surface area contributed by atoms with E-state index in [4.69, 9.17) is 5.11 Å². The molecule has 0 aliphatic carbocycles. The third kappa shape index (κ3) is 1.47. The number of rotatable bonds is 2. The number of methoxy groups -OCH3 is 1. The largest absolute Gasteiger partial charge is 0.504 e. The average Bonchev–Trinajstić information content (AvgIpc) is 2.03. The lowest BCUT2D eigenvalue weighted by atomic mass is 10.2. The van der Waals surface area contributed by atoms with Crippen LogP contribution in [-0.2, 0) is 6.67 Å². The summed E-state index contributed by atoms with van der Waals surface area (Å²) in [5.41, 5.74) is 0.0887. The van der Waals surface area contributed by atoms with E-state index in [0.717, 1.165) is 12.1 Å². The lowest BCUT2D eigenvalue weighted by Crippen LogP contribution is -1.90. The molecule has 0 aromatic heterocycles. The molecular weight excluding hydrogens is 166 g/mol. The van der Waals surface area contributed by atoms with Crippen LogP contribution in [0.3, 0.4) is 0 Å². The molecule has 4 heteroatoms. The van der Waals surface area contributed by atoms with E-state index in [1.54, 1.807) is 0 Å². The maximum absolute atomic E-state index is 12.8. The Kier molecular flexibility index (Phi) is 2.47. The van der Waals surface area contributed by atoms with E-state index in [2.05, 4.69) is 4.74 Å². The second-order valence-electron chi connectivity index (χ2n) is 2.26. The third-order valence-electron chi connectivity index (χ3n) is 1.44. The minimum absolute atomic E-state index is 0.0887. The van der Waals surface area contributed by atoms with Gasteiger partial charge < -0.3 is 9.84 Å². The van der Waals surface area contributed by atoms with E-state index >= 15 is 0 Å². The van der Waals surface area contributed by atoms with Crippen LogP contribution in [0.25, 0.3) is 0 Å².